The van der Waals surface area contributed by atoms with Gasteiger partial charge in [0.15, 0.2) is 0 Å². The molecule has 0 radical (unpaired) electrons. The van der Waals surface area contributed by atoms with Crippen molar-refractivity contribution in [3.63, 3.8) is 0 Å². The summed E-state index contributed by atoms with van der Waals surface area (Å²) in [6.07, 6.45) is 1.76. The molecule has 1 saturated heterocycles. The second-order valence-corrected chi connectivity index (χ2v) is 3.63. The fourth-order valence-corrected chi connectivity index (χ4v) is 1.38. The van der Waals surface area contributed by atoms with Crippen LogP contribution in [0.3, 0.4) is 0 Å². The Kier molecular flexibility index (Phi) is 6.52. The molecule has 0 atom stereocenters. The topological polar surface area (TPSA) is 41.1 Å². The van der Waals surface area contributed by atoms with E-state index in [1.54, 1.807) is 0 Å². The summed E-state index contributed by atoms with van der Waals surface area (Å²) in [6.45, 7) is 1.68. The first-order valence-corrected chi connectivity index (χ1v) is 5.70. The van der Waals surface area contributed by atoms with Crippen molar-refractivity contribution in [2.75, 3.05) is 6.54 Å². The molecule has 2 rings (SSSR count). The maximum atomic E-state index is 10.1. The van der Waals surface area contributed by atoms with Crippen LogP contribution in [0.5, 0.6) is 0 Å². The van der Waals surface area contributed by atoms with Crippen molar-refractivity contribution in [2.24, 2.45) is 0 Å². The third-order valence-electron chi connectivity index (χ3n) is 2.12. The van der Waals surface area contributed by atoms with Crippen LogP contribution in [0.2, 0.25) is 0 Å². The van der Waals surface area contributed by atoms with Crippen molar-refractivity contribution in [3.05, 3.63) is 35.9 Å². The van der Waals surface area contributed by atoms with Gasteiger partial charge in [-0.25, -0.2) is 0 Å². The Hall–Kier alpha value is -1.14. The van der Waals surface area contributed by atoms with E-state index in [0.717, 1.165) is 25.9 Å². The van der Waals surface area contributed by atoms with E-state index in [4.69, 9.17) is 0 Å². The first-order chi connectivity index (χ1) is 7.83. The minimum absolute atomic E-state index is 0.204. The van der Waals surface area contributed by atoms with Crippen LogP contribution in [0.1, 0.15) is 18.4 Å². The first kappa shape index (κ1) is 12.9. The zero-order chi connectivity index (χ0) is 11.6. The Bertz CT molecular complexity index is 351. The van der Waals surface area contributed by atoms with Crippen molar-refractivity contribution < 1.29 is 4.79 Å². The molecule has 1 heterocycles. The van der Waals surface area contributed by atoms with Crippen LogP contribution >= 0.6 is 8.70 Å². The van der Waals surface area contributed by atoms with Gasteiger partial charge < -0.3 is 5.32 Å². The molecule has 1 aromatic rings. The van der Waals surface area contributed by atoms with Gasteiger partial charge in [-0.1, -0.05) is 0 Å². The van der Waals surface area contributed by atoms with Crippen molar-refractivity contribution in [2.45, 2.75) is 19.4 Å². The Labute approximate surface area is 98.1 Å². The summed E-state index contributed by atoms with van der Waals surface area (Å²) >= 11 is 0. The Morgan fingerprint density at radius 2 is 2.12 bits per heavy atom. The predicted molar refractivity (Wildman–Crippen MR) is 66.3 cm³/mol. The van der Waals surface area contributed by atoms with Crippen LogP contribution in [0.15, 0.2) is 30.3 Å². The summed E-state index contributed by atoms with van der Waals surface area (Å²) < 4.78 is 0. The Morgan fingerprint density at radius 1 is 1.38 bits per heavy atom. The van der Waals surface area contributed by atoms with Crippen LogP contribution in [-0.4, -0.2) is 12.5 Å². The molecule has 0 aliphatic carbocycles. The predicted octanol–water partition coefficient (Wildman–Crippen LogP) is 2.00. The van der Waals surface area contributed by atoms with Crippen LogP contribution in [0.4, 0.5) is 0 Å². The fraction of sp³-hybridized carbons (Fsp3) is 0.333. The summed E-state index contributed by atoms with van der Waals surface area (Å²) in [5.74, 6) is 2.76. The van der Waals surface area contributed by atoms with Gasteiger partial charge in [-0.2, -0.15) is 0 Å². The number of carbonyl (C=O) groups is 1. The molecule has 4 heteroatoms. The van der Waals surface area contributed by atoms with E-state index >= 15 is 0 Å². The number of carbonyl (C=O) groups excluding carboxylic acids is 1. The Morgan fingerprint density at radius 3 is 2.56 bits per heavy atom. The Balaban J connectivity index is 0.000000181. The first-order valence-electron chi connectivity index (χ1n) is 5.25. The molecular weight excluding hydrogens is 219 g/mol. The number of amides is 1. The number of benzene rings is 1. The van der Waals surface area contributed by atoms with Crippen molar-refractivity contribution in [1.82, 2.24) is 10.6 Å². The average molecular weight is 234 g/mol. The SMILES string of the molecule is O=C1CCCN1.P#CNCc1ccccc1. The van der Waals surface area contributed by atoms with Crippen molar-refractivity contribution >= 4 is 14.6 Å². The molecule has 1 fully saturated rings. The third kappa shape index (κ3) is 5.67. The van der Waals surface area contributed by atoms with Crippen LogP contribution < -0.4 is 10.6 Å². The van der Waals surface area contributed by atoms with E-state index in [0.29, 0.717) is 0 Å². The molecule has 0 aromatic heterocycles. The number of hydrogen-bond acceptors (Lipinski definition) is 2. The maximum absolute atomic E-state index is 10.1. The molecule has 1 amide bonds. The van der Waals surface area contributed by atoms with E-state index < -0.39 is 0 Å². The van der Waals surface area contributed by atoms with Crippen LogP contribution in [0.25, 0.3) is 0 Å². The molecule has 0 unspecified atom stereocenters. The standard InChI is InChI=1S/C8H8NP.C4H7NO/c10-7-9-6-8-4-2-1-3-5-8;6-4-2-1-3-5-4/h1-5,9H,6H2;1-3H2,(H,5,6). The van der Waals surface area contributed by atoms with Gasteiger partial charge in [-0.15, -0.1) is 0 Å². The molecule has 0 spiro atoms. The fourth-order valence-electron chi connectivity index (χ4n) is 1.30. The molecule has 2 N–H and O–H groups in total. The second-order valence-electron chi connectivity index (χ2n) is 3.40. The molecule has 1 aromatic carbocycles. The summed E-state index contributed by atoms with van der Waals surface area (Å²) in [7, 11) is 3.79. The third-order valence-corrected chi connectivity index (χ3v) is 2.28. The molecular formula is C12H15N2OP. The number of rotatable bonds is 2. The van der Waals surface area contributed by atoms with Gasteiger partial charge in [-0.05, 0) is 6.42 Å². The number of hydrogen-bond donors (Lipinski definition) is 2. The van der Waals surface area contributed by atoms with Crippen molar-refractivity contribution in [3.8, 4) is 5.75 Å². The normalized spacial score (nSPS) is 13.3. The summed E-state index contributed by atoms with van der Waals surface area (Å²) in [6, 6.07) is 10.1. The molecule has 1 aliphatic rings. The molecule has 1 aliphatic heterocycles. The van der Waals surface area contributed by atoms with E-state index in [1.807, 2.05) is 18.2 Å². The van der Waals surface area contributed by atoms with Crippen molar-refractivity contribution in [1.29, 1.82) is 0 Å². The second kappa shape index (κ2) is 8.06. The van der Waals surface area contributed by atoms with Crippen LogP contribution in [-0.2, 0) is 11.3 Å². The summed E-state index contributed by atoms with van der Waals surface area (Å²) in [4.78, 5) is 10.1. The zero-order valence-corrected chi connectivity index (χ0v) is 9.97. The van der Waals surface area contributed by atoms with E-state index in [-0.39, 0.29) is 5.91 Å². The van der Waals surface area contributed by atoms with Gasteiger partial charge >= 0.3 is 62.2 Å². The van der Waals surface area contributed by atoms with Gasteiger partial charge in [0.1, 0.15) is 0 Å². The van der Waals surface area contributed by atoms with Gasteiger partial charge in [-0.3, -0.25) is 4.79 Å². The summed E-state index contributed by atoms with van der Waals surface area (Å²) in [5.41, 5.74) is 1.24. The van der Waals surface area contributed by atoms with Crippen LogP contribution in [0, 0.1) is 5.75 Å². The van der Waals surface area contributed by atoms with E-state index in [2.05, 4.69) is 37.2 Å². The van der Waals surface area contributed by atoms with Gasteiger partial charge in [0.25, 0.3) is 0 Å². The van der Waals surface area contributed by atoms with Gasteiger partial charge in [0.2, 0.25) is 5.91 Å². The zero-order valence-electron chi connectivity index (χ0n) is 9.07. The van der Waals surface area contributed by atoms with Gasteiger partial charge in [0.05, 0.1) is 0 Å². The molecule has 84 valence electrons. The molecule has 0 saturated carbocycles. The van der Waals surface area contributed by atoms with E-state index in [1.165, 1.54) is 5.56 Å². The quantitative estimate of drug-likeness (QED) is 0.607. The number of nitrogens with one attached hydrogen (secondary N) is 2. The summed E-state index contributed by atoms with van der Waals surface area (Å²) in [5, 5.41) is 5.56. The molecule has 3 nitrogen and oxygen atoms in total. The average Bonchev–Trinajstić information content (AvgIpc) is 2.80. The van der Waals surface area contributed by atoms with Gasteiger partial charge in [0, 0.05) is 13.0 Å². The minimum atomic E-state index is 0.204. The molecule has 16 heavy (non-hydrogen) atoms. The monoisotopic (exact) mass is 234 g/mol. The van der Waals surface area contributed by atoms with E-state index in [9.17, 15) is 4.79 Å². The molecule has 0 bridgehead atoms.